The monoisotopic (exact) mass is 266 g/mol. The zero-order valence-electron chi connectivity index (χ0n) is 10.1. The van der Waals surface area contributed by atoms with Crippen LogP contribution in [-0.2, 0) is 19.2 Å². The molecule has 1 fully saturated rings. The summed E-state index contributed by atoms with van der Waals surface area (Å²) in [5.41, 5.74) is 5.43. The molecular formula is C11H14N4O4. The van der Waals surface area contributed by atoms with Crippen molar-refractivity contribution in [1.29, 1.82) is 0 Å². The van der Waals surface area contributed by atoms with Gasteiger partial charge >= 0.3 is 0 Å². The van der Waals surface area contributed by atoms with Gasteiger partial charge in [-0.2, -0.15) is 0 Å². The van der Waals surface area contributed by atoms with Gasteiger partial charge in [-0.15, -0.1) is 0 Å². The molecule has 1 saturated heterocycles. The summed E-state index contributed by atoms with van der Waals surface area (Å²) in [5, 5.41) is 4.85. The Bertz CT molecular complexity index is 485. The van der Waals surface area contributed by atoms with Crippen LogP contribution in [0.5, 0.6) is 0 Å². The molecule has 0 aromatic carbocycles. The quantitative estimate of drug-likeness (QED) is 0.487. The van der Waals surface area contributed by atoms with Crippen LogP contribution in [0.1, 0.15) is 12.8 Å². The second-order valence-electron chi connectivity index (χ2n) is 4.25. The number of nitrogens with two attached hydrogens (primary N) is 1. The lowest BCUT2D eigenvalue weighted by Gasteiger charge is -2.28. The number of carbonyl (C=O) groups excluding carboxylic acids is 4. The highest BCUT2D eigenvalue weighted by Gasteiger charge is 2.41. The number of carbonyl (C=O) groups is 4. The minimum absolute atomic E-state index is 0.110. The summed E-state index contributed by atoms with van der Waals surface area (Å²) >= 11 is 0. The fraction of sp³-hybridized carbons (Fsp3) is 0.455. The number of amides is 4. The van der Waals surface area contributed by atoms with Crippen LogP contribution in [-0.4, -0.2) is 47.7 Å². The standard InChI is InChI=1S/C11H14N4O4/c12-3-4-13-6-5-9(17)15(11(6)19)7-1-2-8(16)14-10(7)18/h5,7,13H,1-4,12H2,(H,14,16,18). The van der Waals surface area contributed by atoms with Crippen molar-refractivity contribution >= 4 is 23.6 Å². The number of rotatable bonds is 4. The zero-order valence-corrected chi connectivity index (χ0v) is 10.1. The molecule has 8 nitrogen and oxygen atoms in total. The van der Waals surface area contributed by atoms with Gasteiger partial charge in [0.1, 0.15) is 11.7 Å². The van der Waals surface area contributed by atoms with Crippen molar-refractivity contribution in [2.45, 2.75) is 18.9 Å². The van der Waals surface area contributed by atoms with Crippen LogP contribution in [0.4, 0.5) is 0 Å². The molecule has 0 aliphatic carbocycles. The summed E-state index contributed by atoms with van der Waals surface area (Å²) in [6.45, 7) is 0.672. The van der Waals surface area contributed by atoms with E-state index in [1.54, 1.807) is 0 Å². The zero-order chi connectivity index (χ0) is 14.0. The molecule has 1 unspecified atom stereocenters. The van der Waals surface area contributed by atoms with Crippen molar-refractivity contribution in [1.82, 2.24) is 15.5 Å². The average molecular weight is 266 g/mol. The van der Waals surface area contributed by atoms with Crippen molar-refractivity contribution < 1.29 is 19.2 Å². The molecule has 4 amide bonds. The summed E-state index contributed by atoms with van der Waals surface area (Å²) in [4.78, 5) is 47.4. The van der Waals surface area contributed by atoms with Crippen molar-refractivity contribution in [2.24, 2.45) is 5.73 Å². The third-order valence-electron chi connectivity index (χ3n) is 2.94. The molecule has 19 heavy (non-hydrogen) atoms. The van der Waals surface area contributed by atoms with Gasteiger partial charge in [0.15, 0.2) is 0 Å². The van der Waals surface area contributed by atoms with E-state index in [-0.39, 0.29) is 18.5 Å². The molecule has 8 heteroatoms. The Hall–Kier alpha value is -2.22. The normalized spacial score (nSPS) is 23.5. The first-order valence-corrected chi connectivity index (χ1v) is 5.91. The first-order valence-electron chi connectivity index (χ1n) is 5.91. The van der Waals surface area contributed by atoms with Crippen molar-refractivity contribution in [3.63, 3.8) is 0 Å². The van der Waals surface area contributed by atoms with Gasteiger partial charge in [-0.3, -0.25) is 29.4 Å². The molecule has 0 saturated carbocycles. The van der Waals surface area contributed by atoms with E-state index >= 15 is 0 Å². The number of hydrogen-bond acceptors (Lipinski definition) is 6. The number of imide groups is 2. The molecule has 0 aromatic rings. The molecule has 2 aliphatic heterocycles. The molecule has 0 aromatic heterocycles. The van der Waals surface area contributed by atoms with Gasteiger partial charge in [-0.25, -0.2) is 0 Å². The Morgan fingerprint density at radius 2 is 2.11 bits per heavy atom. The predicted molar refractivity (Wildman–Crippen MR) is 63.2 cm³/mol. The first kappa shape index (κ1) is 13.2. The Morgan fingerprint density at radius 1 is 1.37 bits per heavy atom. The van der Waals surface area contributed by atoms with Crippen LogP contribution >= 0.6 is 0 Å². The Morgan fingerprint density at radius 3 is 2.74 bits per heavy atom. The minimum atomic E-state index is -0.925. The number of nitrogens with one attached hydrogen (secondary N) is 2. The van der Waals surface area contributed by atoms with Crippen LogP contribution in [0.15, 0.2) is 11.8 Å². The first-order chi connectivity index (χ1) is 9.04. The van der Waals surface area contributed by atoms with Crippen molar-refractivity contribution in [2.75, 3.05) is 13.1 Å². The van der Waals surface area contributed by atoms with Gasteiger partial charge in [0.05, 0.1) is 0 Å². The van der Waals surface area contributed by atoms with E-state index in [9.17, 15) is 19.2 Å². The summed E-state index contributed by atoms with van der Waals surface area (Å²) in [6.07, 6.45) is 1.40. The fourth-order valence-corrected chi connectivity index (χ4v) is 2.04. The maximum absolute atomic E-state index is 12.0. The highest BCUT2D eigenvalue weighted by atomic mass is 16.2. The minimum Gasteiger partial charge on any atom is -0.379 e. The molecule has 4 N–H and O–H groups in total. The van der Waals surface area contributed by atoms with E-state index in [0.29, 0.717) is 13.1 Å². The summed E-state index contributed by atoms with van der Waals surface area (Å²) in [6, 6.07) is -0.925. The highest BCUT2D eigenvalue weighted by molar-refractivity contribution is 6.18. The van der Waals surface area contributed by atoms with Crippen LogP contribution in [0.25, 0.3) is 0 Å². The van der Waals surface area contributed by atoms with Gasteiger partial charge in [0.25, 0.3) is 11.8 Å². The third-order valence-corrected chi connectivity index (χ3v) is 2.94. The van der Waals surface area contributed by atoms with Gasteiger partial charge in [0.2, 0.25) is 11.8 Å². The fourth-order valence-electron chi connectivity index (χ4n) is 2.04. The van der Waals surface area contributed by atoms with E-state index in [1.807, 2.05) is 0 Å². The highest BCUT2D eigenvalue weighted by Crippen LogP contribution is 2.19. The van der Waals surface area contributed by atoms with E-state index in [2.05, 4.69) is 10.6 Å². The van der Waals surface area contributed by atoms with Crippen LogP contribution in [0.3, 0.4) is 0 Å². The second kappa shape index (κ2) is 5.19. The van der Waals surface area contributed by atoms with Crippen LogP contribution in [0, 0.1) is 0 Å². The lowest BCUT2D eigenvalue weighted by Crippen LogP contribution is -2.54. The number of piperidine rings is 1. The summed E-state index contributed by atoms with van der Waals surface area (Å²) in [7, 11) is 0. The molecule has 2 aliphatic rings. The average Bonchev–Trinajstić information content (AvgIpc) is 2.63. The van der Waals surface area contributed by atoms with Crippen LogP contribution < -0.4 is 16.4 Å². The van der Waals surface area contributed by atoms with E-state index in [4.69, 9.17) is 5.73 Å². The molecule has 0 radical (unpaired) electrons. The smallest absolute Gasteiger partial charge is 0.277 e. The Labute approximate surface area is 109 Å². The van der Waals surface area contributed by atoms with Crippen molar-refractivity contribution in [3.8, 4) is 0 Å². The lowest BCUT2D eigenvalue weighted by molar-refractivity contribution is -0.149. The maximum Gasteiger partial charge on any atom is 0.277 e. The maximum atomic E-state index is 12.0. The number of nitrogens with zero attached hydrogens (tertiary/aromatic N) is 1. The van der Waals surface area contributed by atoms with Crippen LogP contribution in [0.2, 0.25) is 0 Å². The van der Waals surface area contributed by atoms with Crippen molar-refractivity contribution in [3.05, 3.63) is 11.8 Å². The molecule has 102 valence electrons. The molecule has 0 bridgehead atoms. The lowest BCUT2D eigenvalue weighted by atomic mass is 10.0. The van der Waals surface area contributed by atoms with E-state index in [0.717, 1.165) is 11.0 Å². The predicted octanol–water partition coefficient (Wildman–Crippen LogP) is -2.41. The molecule has 2 heterocycles. The van der Waals surface area contributed by atoms with E-state index < -0.39 is 29.7 Å². The van der Waals surface area contributed by atoms with Gasteiger partial charge < -0.3 is 11.1 Å². The molecular weight excluding hydrogens is 252 g/mol. The largest absolute Gasteiger partial charge is 0.379 e. The second-order valence-corrected chi connectivity index (χ2v) is 4.25. The Balaban J connectivity index is 2.10. The molecule has 1 atom stereocenters. The topological polar surface area (TPSA) is 122 Å². The van der Waals surface area contributed by atoms with Gasteiger partial charge in [-0.05, 0) is 6.42 Å². The van der Waals surface area contributed by atoms with Gasteiger partial charge in [-0.1, -0.05) is 0 Å². The SMILES string of the molecule is NCCNC1=CC(=O)N(C2CCC(=O)NC2=O)C1=O. The molecule has 2 rings (SSSR count). The summed E-state index contributed by atoms with van der Waals surface area (Å²) in [5.74, 6) is -2.13. The Kier molecular flexibility index (Phi) is 3.61. The number of hydrogen-bond donors (Lipinski definition) is 3. The van der Waals surface area contributed by atoms with Gasteiger partial charge in [0, 0.05) is 25.6 Å². The third kappa shape index (κ3) is 2.48. The summed E-state index contributed by atoms with van der Waals surface area (Å²) < 4.78 is 0. The van der Waals surface area contributed by atoms with E-state index in [1.165, 1.54) is 0 Å². The molecule has 0 spiro atoms.